The fourth-order valence-electron chi connectivity index (χ4n) is 0.955. The van der Waals surface area contributed by atoms with Gasteiger partial charge in [-0.25, -0.2) is 0 Å². The summed E-state index contributed by atoms with van der Waals surface area (Å²) >= 11 is 0. The van der Waals surface area contributed by atoms with Gasteiger partial charge in [0.05, 0.1) is 0 Å². The zero-order chi connectivity index (χ0) is 7.94. The molecule has 0 amide bonds. The molecule has 0 radical (unpaired) electrons. The standard InChI is InChI=1S/C9H14N2/c10-6-3-5-9-4-1-2-7-11-8-9/h1-2,4,7-8,11H,3,5-6,10H2. The van der Waals surface area contributed by atoms with Crippen LogP contribution in [-0.4, -0.2) is 6.54 Å². The number of hydrogen-bond acceptors (Lipinski definition) is 2. The Morgan fingerprint density at radius 2 is 2.27 bits per heavy atom. The molecule has 0 fully saturated rings. The van der Waals surface area contributed by atoms with E-state index in [1.807, 2.05) is 24.6 Å². The second-order valence-electron chi connectivity index (χ2n) is 2.50. The summed E-state index contributed by atoms with van der Waals surface area (Å²) in [6.45, 7) is 0.763. The highest BCUT2D eigenvalue weighted by Crippen LogP contribution is 2.06. The summed E-state index contributed by atoms with van der Waals surface area (Å²) in [5, 5.41) is 3.06. The predicted molar refractivity (Wildman–Crippen MR) is 47.8 cm³/mol. The molecular weight excluding hydrogens is 136 g/mol. The third-order valence-corrected chi connectivity index (χ3v) is 1.55. The van der Waals surface area contributed by atoms with Crippen LogP contribution in [-0.2, 0) is 0 Å². The molecule has 0 atom stereocenters. The fraction of sp³-hybridized carbons (Fsp3) is 0.333. The number of hydrogen-bond donors (Lipinski definition) is 2. The van der Waals surface area contributed by atoms with Gasteiger partial charge < -0.3 is 11.1 Å². The van der Waals surface area contributed by atoms with Crippen molar-refractivity contribution >= 4 is 0 Å². The number of nitrogens with one attached hydrogen (secondary N) is 1. The van der Waals surface area contributed by atoms with Gasteiger partial charge in [0.15, 0.2) is 0 Å². The van der Waals surface area contributed by atoms with Crippen LogP contribution in [0, 0.1) is 0 Å². The van der Waals surface area contributed by atoms with Crippen LogP contribution in [0.3, 0.4) is 0 Å². The molecule has 11 heavy (non-hydrogen) atoms. The number of nitrogens with two attached hydrogens (primary N) is 1. The van der Waals surface area contributed by atoms with Crippen molar-refractivity contribution in [2.24, 2.45) is 5.73 Å². The van der Waals surface area contributed by atoms with E-state index in [4.69, 9.17) is 5.73 Å². The molecule has 0 saturated heterocycles. The summed E-state index contributed by atoms with van der Waals surface area (Å²) < 4.78 is 0. The van der Waals surface area contributed by atoms with Crippen molar-refractivity contribution in [2.45, 2.75) is 12.8 Å². The first-order valence-electron chi connectivity index (χ1n) is 3.92. The topological polar surface area (TPSA) is 38.0 Å². The van der Waals surface area contributed by atoms with Gasteiger partial charge in [0.1, 0.15) is 0 Å². The summed E-state index contributed by atoms with van der Waals surface area (Å²) in [4.78, 5) is 0. The summed E-state index contributed by atoms with van der Waals surface area (Å²) in [5.41, 5.74) is 6.70. The van der Waals surface area contributed by atoms with Crippen molar-refractivity contribution in [3.8, 4) is 0 Å². The van der Waals surface area contributed by atoms with E-state index in [2.05, 4.69) is 11.4 Å². The van der Waals surface area contributed by atoms with E-state index in [1.54, 1.807) is 0 Å². The molecule has 0 aromatic carbocycles. The molecule has 2 heteroatoms. The third kappa shape index (κ3) is 3.05. The van der Waals surface area contributed by atoms with E-state index in [0.717, 1.165) is 19.4 Å². The van der Waals surface area contributed by atoms with E-state index < -0.39 is 0 Å². The molecule has 1 aliphatic rings. The van der Waals surface area contributed by atoms with Gasteiger partial charge in [0.25, 0.3) is 0 Å². The second-order valence-corrected chi connectivity index (χ2v) is 2.50. The van der Waals surface area contributed by atoms with Crippen molar-refractivity contribution in [2.75, 3.05) is 6.54 Å². The molecule has 0 spiro atoms. The van der Waals surface area contributed by atoms with Gasteiger partial charge in [-0.1, -0.05) is 12.2 Å². The molecular formula is C9H14N2. The van der Waals surface area contributed by atoms with E-state index in [-0.39, 0.29) is 0 Å². The highest BCUT2D eigenvalue weighted by atomic mass is 14.8. The smallest absolute Gasteiger partial charge is 0.00368 e. The molecule has 0 saturated carbocycles. The highest BCUT2D eigenvalue weighted by Gasteiger charge is 1.91. The van der Waals surface area contributed by atoms with Gasteiger partial charge in [-0.3, -0.25) is 0 Å². The Hall–Kier alpha value is -1.02. The van der Waals surface area contributed by atoms with Crippen LogP contribution in [0.25, 0.3) is 0 Å². The lowest BCUT2D eigenvalue weighted by Gasteiger charge is -1.98. The zero-order valence-corrected chi connectivity index (χ0v) is 6.59. The van der Waals surface area contributed by atoms with Crippen molar-refractivity contribution < 1.29 is 0 Å². The first-order valence-corrected chi connectivity index (χ1v) is 3.92. The normalized spacial score (nSPS) is 15.5. The molecule has 60 valence electrons. The van der Waals surface area contributed by atoms with Gasteiger partial charge in [0.2, 0.25) is 0 Å². The number of rotatable bonds is 3. The zero-order valence-electron chi connectivity index (χ0n) is 6.59. The first-order chi connectivity index (χ1) is 5.43. The molecule has 1 heterocycles. The lowest BCUT2D eigenvalue weighted by molar-refractivity contribution is 0.831. The molecule has 0 aromatic heterocycles. The van der Waals surface area contributed by atoms with Gasteiger partial charge in [-0.05, 0) is 31.0 Å². The van der Waals surface area contributed by atoms with Crippen LogP contribution in [0.4, 0.5) is 0 Å². The largest absolute Gasteiger partial charge is 0.367 e. The fourth-order valence-corrected chi connectivity index (χ4v) is 0.955. The van der Waals surface area contributed by atoms with Gasteiger partial charge >= 0.3 is 0 Å². The third-order valence-electron chi connectivity index (χ3n) is 1.55. The maximum atomic E-state index is 5.40. The molecule has 1 rings (SSSR count). The van der Waals surface area contributed by atoms with E-state index >= 15 is 0 Å². The van der Waals surface area contributed by atoms with Crippen molar-refractivity contribution in [3.63, 3.8) is 0 Å². The average Bonchev–Trinajstić information content (AvgIpc) is 2.28. The van der Waals surface area contributed by atoms with Crippen molar-refractivity contribution in [3.05, 3.63) is 36.2 Å². The monoisotopic (exact) mass is 150 g/mol. The maximum absolute atomic E-state index is 5.40. The lowest BCUT2D eigenvalue weighted by atomic mass is 10.1. The number of allylic oxidation sites excluding steroid dienone is 4. The summed E-state index contributed by atoms with van der Waals surface area (Å²) in [7, 11) is 0. The Morgan fingerprint density at radius 1 is 1.36 bits per heavy atom. The minimum atomic E-state index is 0.763. The van der Waals surface area contributed by atoms with Crippen LogP contribution in [0.2, 0.25) is 0 Å². The molecule has 2 nitrogen and oxygen atoms in total. The highest BCUT2D eigenvalue weighted by molar-refractivity contribution is 5.24. The Morgan fingerprint density at radius 3 is 3.09 bits per heavy atom. The molecule has 0 bridgehead atoms. The quantitative estimate of drug-likeness (QED) is 0.636. The molecule has 0 aromatic rings. The average molecular weight is 150 g/mol. The molecule has 1 aliphatic heterocycles. The van der Waals surface area contributed by atoms with Gasteiger partial charge in [0, 0.05) is 12.4 Å². The van der Waals surface area contributed by atoms with E-state index in [1.165, 1.54) is 5.57 Å². The Bertz CT molecular complexity index is 190. The summed E-state index contributed by atoms with van der Waals surface area (Å²) in [6.07, 6.45) is 12.1. The van der Waals surface area contributed by atoms with Crippen LogP contribution >= 0.6 is 0 Å². The van der Waals surface area contributed by atoms with Gasteiger partial charge in [-0.15, -0.1) is 0 Å². The van der Waals surface area contributed by atoms with Crippen LogP contribution in [0.5, 0.6) is 0 Å². The van der Waals surface area contributed by atoms with E-state index in [0.29, 0.717) is 0 Å². The second kappa shape index (κ2) is 4.74. The molecule has 0 aliphatic carbocycles. The minimum absolute atomic E-state index is 0.763. The molecule has 3 N–H and O–H groups in total. The van der Waals surface area contributed by atoms with Crippen molar-refractivity contribution in [1.29, 1.82) is 0 Å². The Kier molecular flexibility index (Phi) is 3.48. The van der Waals surface area contributed by atoms with Crippen molar-refractivity contribution in [1.82, 2.24) is 5.32 Å². The van der Waals surface area contributed by atoms with Crippen LogP contribution in [0.15, 0.2) is 36.2 Å². The Labute approximate surface area is 67.5 Å². The minimum Gasteiger partial charge on any atom is -0.367 e. The first kappa shape index (κ1) is 8.08. The van der Waals surface area contributed by atoms with Crippen LogP contribution < -0.4 is 11.1 Å². The maximum Gasteiger partial charge on any atom is 0.00368 e. The Balaban J connectivity index is 2.38. The lowest BCUT2D eigenvalue weighted by Crippen LogP contribution is -1.99. The molecule has 0 unspecified atom stereocenters. The summed E-state index contributed by atoms with van der Waals surface area (Å²) in [5.74, 6) is 0. The van der Waals surface area contributed by atoms with Gasteiger partial charge in [-0.2, -0.15) is 0 Å². The summed E-state index contributed by atoms with van der Waals surface area (Å²) in [6, 6.07) is 0. The predicted octanol–water partition coefficient (Wildman–Crippen LogP) is 1.28. The van der Waals surface area contributed by atoms with E-state index in [9.17, 15) is 0 Å². The van der Waals surface area contributed by atoms with Crippen LogP contribution in [0.1, 0.15) is 12.8 Å². The SMILES string of the molecule is NCCCC1=CNC=CC=C1.